The smallest absolute Gasteiger partial charge is 0.387 e. The molecule has 10 nitrogen and oxygen atoms in total. The molecule has 5 aromatic rings. The minimum absolute atomic E-state index is 0.103. The van der Waals surface area contributed by atoms with Gasteiger partial charge in [0.2, 0.25) is 0 Å². The van der Waals surface area contributed by atoms with Crippen LogP contribution < -0.4 is 14.8 Å². The van der Waals surface area contributed by atoms with E-state index < -0.39 is 12.5 Å². The molecule has 0 saturated heterocycles. The summed E-state index contributed by atoms with van der Waals surface area (Å²) in [7, 11) is 1.65. The first-order valence-electron chi connectivity index (χ1n) is 13.2. The number of aryl methyl sites for hydroxylation is 1. The number of carbonyl (C=O) groups excluding carboxylic acids is 1. The number of halogens is 2. The molecule has 0 atom stereocenters. The zero-order valence-electron chi connectivity index (χ0n) is 22.5. The van der Waals surface area contributed by atoms with Crippen LogP contribution in [0.2, 0.25) is 0 Å². The van der Waals surface area contributed by atoms with Crippen LogP contribution in [0.1, 0.15) is 41.6 Å². The lowest BCUT2D eigenvalue weighted by molar-refractivity contribution is -0.0494. The summed E-state index contributed by atoms with van der Waals surface area (Å²) in [6.07, 6.45) is 9.70. The summed E-state index contributed by atoms with van der Waals surface area (Å²) >= 11 is 0. The monoisotopic (exact) mass is 569 g/mol. The van der Waals surface area contributed by atoms with E-state index in [1.54, 1.807) is 31.7 Å². The molecule has 0 aliphatic heterocycles. The van der Waals surface area contributed by atoms with E-state index in [0.717, 1.165) is 24.8 Å². The van der Waals surface area contributed by atoms with Gasteiger partial charge in [0.25, 0.3) is 5.91 Å². The summed E-state index contributed by atoms with van der Waals surface area (Å²) < 4.78 is 40.5. The number of nitrogens with zero attached hydrogens (tertiary/aromatic N) is 6. The first kappa shape index (κ1) is 26.9. The Bertz CT molecular complexity index is 1800. The first-order chi connectivity index (χ1) is 20.3. The average Bonchev–Trinajstić information content (AvgIpc) is 3.55. The number of amides is 1. The number of nitrogens with one attached hydrogen (secondary N) is 1. The lowest BCUT2D eigenvalue weighted by Gasteiger charge is -2.40. The standard InChI is InChI=1S/C30H25F2N7O3/c1-38-18-24(36-28(40)23-17-35-39-15-3-14-34-27(23)39)26(37-38)22-16-21(8-9-25(22)42-29(31)32)41-20-6-4-19(5-7-20)30(12-13-33)10-2-11-30/h3-9,14-18,29H,2,10-12H2,1H3,(H,36,40). The maximum Gasteiger partial charge on any atom is 0.387 e. The molecule has 1 amide bonds. The topological polar surface area (TPSA) is 119 Å². The van der Waals surface area contributed by atoms with Gasteiger partial charge in [0.1, 0.15) is 28.5 Å². The van der Waals surface area contributed by atoms with E-state index in [0.29, 0.717) is 23.6 Å². The Morgan fingerprint density at radius 1 is 1.19 bits per heavy atom. The van der Waals surface area contributed by atoms with Crippen molar-refractivity contribution in [3.63, 3.8) is 0 Å². The van der Waals surface area contributed by atoms with Crippen molar-refractivity contribution in [1.29, 1.82) is 5.26 Å². The van der Waals surface area contributed by atoms with Crippen molar-refractivity contribution >= 4 is 17.2 Å². The van der Waals surface area contributed by atoms with Gasteiger partial charge in [0, 0.05) is 37.5 Å². The van der Waals surface area contributed by atoms with Gasteiger partial charge in [-0.15, -0.1) is 0 Å². The Morgan fingerprint density at radius 3 is 2.69 bits per heavy atom. The van der Waals surface area contributed by atoms with E-state index in [4.69, 9.17) is 9.47 Å². The Balaban J connectivity index is 1.30. The minimum Gasteiger partial charge on any atom is -0.457 e. The van der Waals surface area contributed by atoms with Crippen molar-refractivity contribution < 1.29 is 23.0 Å². The molecule has 42 heavy (non-hydrogen) atoms. The van der Waals surface area contributed by atoms with Crippen molar-refractivity contribution in [1.82, 2.24) is 24.4 Å². The maximum absolute atomic E-state index is 13.4. The lowest BCUT2D eigenvalue weighted by Crippen LogP contribution is -2.33. The third-order valence-electron chi connectivity index (χ3n) is 7.45. The van der Waals surface area contributed by atoms with E-state index in [-0.39, 0.29) is 33.7 Å². The molecule has 12 heteroatoms. The van der Waals surface area contributed by atoms with Crippen molar-refractivity contribution in [2.24, 2.45) is 7.05 Å². The number of alkyl halides is 2. The number of aromatic nitrogens is 5. The molecule has 6 rings (SSSR count). The van der Waals surface area contributed by atoms with Crippen LogP contribution in [-0.4, -0.2) is 36.9 Å². The third-order valence-corrected chi connectivity index (χ3v) is 7.45. The normalized spacial score (nSPS) is 13.9. The summed E-state index contributed by atoms with van der Waals surface area (Å²) in [5.74, 6) is 0.253. The summed E-state index contributed by atoms with van der Waals surface area (Å²) in [6, 6.07) is 16.0. The molecule has 2 aromatic carbocycles. The molecule has 1 saturated carbocycles. The van der Waals surface area contributed by atoms with E-state index in [1.165, 1.54) is 33.6 Å². The third kappa shape index (κ3) is 5.12. The molecular formula is C30H25F2N7O3. The Labute approximate surface area is 239 Å². The zero-order valence-corrected chi connectivity index (χ0v) is 22.5. The predicted molar refractivity (Wildman–Crippen MR) is 148 cm³/mol. The van der Waals surface area contributed by atoms with Gasteiger partial charge in [-0.2, -0.15) is 24.2 Å². The van der Waals surface area contributed by atoms with Crippen molar-refractivity contribution in [3.05, 3.63) is 84.4 Å². The van der Waals surface area contributed by atoms with Crippen LogP contribution in [0.15, 0.2) is 73.3 Å². The molecule has 1 N–H and O–H groups in total. The highest BCUT2D eigenvalue weighted by Gasteiger charge is 2.38. The molecule has 3 heterocycles. The van der Waals surface area contributed by atoms with Gasteiger partial charge in [-0.1, -0.05) is 18.6 Å². The van der Waals surface area contributed by atoms with Gasteiger partial charge in [-0.3, -0.25) is 9.48 Å². The van der Waals surface area contributed by atoms with Gasteiger partial charge < -0.3 is 14.8 Å². The SMILES string of the molecule is Cn1cc(NC(=O)c2cnn3cccnc23)c(-c2cc(Oc3ccc(C4(CC#N)CCC4)cc3)ccc2OC(F)F)n1. The van der Waals surface area contributed by atoms with Crippen molar-refractivity contribution in [2.45, 2.75) is 37.7 Å². The number of ether oxygens (including phenoxy) is 2. The molecule has 0 bridgehead atoms. The Kier molecular flexibility index (Phi) is 7.00. The summed E-state index contributed by atoms with van der Waals surface area (Å²) in [6.45, 7) is -3.08. The van der Waals surface area contributed by atoms with Gasteiger partial charge >= 0.3 is 6.61 Å². The summed E-state index contributed by atoms with van der Waals surface area (Å²) in [5.41, 5.74) is 2.25. The van der Waals surface area contributed by atoms with Gasteiger partial charge in [0.05, 0.1) is 23.5 Å². The summed E-state index contributed by atoms with van der Waals surface area (Å²) in [4.78, 5) is 17.4. The quantitative estimate of drug-likeness (QED) is 0.227. The van der Waals surface area contributed by atoms with Gasteiger partial charge in [-0.05, 0) is 54.8 Å². The highest BCUT2D eigenvalue weighted by atomic mass is 19.3. The molecule has 212 valence electrons. The van der Waals surface area contributed by atoms with Gasteiger partial charge in [-0.25, -0.2) is 9.50 Å². The molecule has 0 spiro atoms. The van der Waals surface area contributed by atoms with Crippen LogP contribution >= 0.6 is 0 Å². The highest BCUT2D eigenvalue weighted by Crippen LogP contribution is 2.47. The molecule has 0 radical (unpaired) electrons. The number of hydrogen-bond acceptors (Lipinski definition) is 7. The molecule has 0 unspecified atom stereocenters. The van der Waals surface area contributed by atoms with E-state index in [9.17, 15) is 18.8 Å². The van der Waals surface area contributed by atoms with Crippen LogP contribution in [0.25, 0.3) is 16.9 Å². The maximum atomic E-state index is 13.4. The molecule has 3 aromatic heterocycles. The van der Waals surface area contributed by atoms with E-state index in [1.807, 2.05) is 24.3 Å². The number of hydrogen-bond donors (Lipinski definition) is 1. The number of carbonyl (C=O) groups is 1. The molecule has 1 aliphatic rings. The largest absolute Gasteiger partial charge is 0.457 e. The van der Waals surface area contributed by atoms with Crippen LogP contribution in [0.3, 0.4) is 0 Å². The molecule has 1 fully saturated rings. The fraction of sp³-hybridized carbons (Fsp3) is 0.233. The Hall–Kier alpha value is -5.31. The predicted octanol–water partition coefficient (Wildman–Crippen LogP) is 6.11. The highest BCUT2D eigenvalue weighted by molar-refractivity contribution is 6.09. The summed E-state index contributed by atoms with van der Waals surface area (Å²) in [5, 5.41) is 20.6. The minimum atomic E-state index is -3.08. The van der Waals surface area contributed by atoms with E-state index >= 15 is 0 Å². The fourth-order valence-electron chi connectivity index (χ4n) is 5.25. The average molecular weight is 570 g/mol. The number of fused-ring (bicyclic) bond motifs is 1. The molecule has 1 aliphatic carbocycles. The number of benzene rings is 2. The number of nitriles is 1. The fourth-order valence-corrected chi connectivity index (χ4v) is 5.25. The van der Waals surface area contributed by atoms with Crippen molar-refractivity contribution in [3.8, 4) is 34.6 Å². The molecular weight excluding hydrogens is 544 g/mol. The second-order valence-corrected chi connectivity index (χ2v) is 10.1. The van der Waals surface area contributed by atoms with Crippen molar-refractivity contribution in [2.75, 3.05) is 5.32 Å². The Morgan fingerprint density at radius 2 is 1.98 bits per heavy atom. The van der Waals surface area contributed by atoms with Gasteiger partial charge in [0.15, 0.2) is 5.65 Å². The van der Waals surface area contributed by atoms with Crippen LogP contribution in [0, 0.1) is 11.3 Å². The van der Waals surface area contributed by atoms with Crippen LogP contribution in [-0.2, 0) is 12.5 Å². The zero-order chi connectivity index (χ0) is 29.3. The second-order valence-electron chi connectivity index (χ2n) is 10.1. The van der Waals surface area contributed by atoms with Crippen LogP contribution in [0.4, 0.5) is 14.5 Å². The number of rotatable bonds is 9. The second kappa shape index (κ2) is 10.9. The first-order valence-corrected chi connectivity index (χ1v) is 13.2. The van der Waals surface area contributed by atoms with Crippen LogP contribution in [0.5, 0.6) is 17.2 Å². The lowest BCUT2D eigenvalue weighted by atomic mass is 9.63. The van der Waals surface area contributed by atoms with E-state index in [2.05, 4.69) is 26.6 Å². The number of anilines is 1.